The summed E-state index contributed by atoms with van der Waals surface area (Å²) in [6, 6.07) is 7.06. The lowest BCUT2D eigenvalue weighted by Gasteiger charge is -2.34. The van der Waals surface area contributed by atoms with Crippen LogP contribution in [0.3, 0.4) is 0 Å². The van der Waals surface area contributed by atoms with Crippen molar-refractivity contribution in [3.63, 3.8) is 0 Å². The van der Waals surface area contributed by atoms with Crippen molar-refractivity contribution in [3.05, 3.63) is 45.9 Å². The molecule has 2 aromatic carbocycles. The number of nitrogen functional groups attached to an aromatic ring is 1. The lowest BCUT2D eigenvalue weighted by molar-refractivity contribution is -0.118. The topological polar surface area (TPSA) is 113 Å². The summed E-state index contributed by atoms with van der Waals surface area (Å²) < 4.78 is 51.0. The minimum Gasteiger partial charge on any atom is -0.396 e. The molecule has 34 heavy (non-hydrogen) atoms. The number of piperidine rings is 1. The highest BCUT2D eigenvalue weighted by atomic mass is 35.5. The number of nitrogens with zero attached hydrogens (tertiary/aromatic N) is 1. The summed E-state index contributed by atoms with van der Waals surface area (Å²) in [6.45, 7) is 1.08. The average Bonchev–Trinajstić information content (AvgIpc) is 2.79. The van der Waals surface area contributed by atoms with Crippen LogP contribution in [0.15, 0.2) is 35.2 Å². The molecular formula is C22H25Cl2F2N3O4S. The Kier molecular flexibility index (Phi) is 7.96. The van der Waals surface area contributed by atoms with Crippen molar-refractivity contribution in [2.75, 3.05) is 41.4 Å². The average molecular weight is 536 g/mol. The zero-order valence-electron chi connectivity index (χ0n) is 18.3. The maximum Gasteiger partial charge on any atom is 0.251 e. The van der Waals surface area contributed by atoms with Crippen molar-refractivity contribution < 1.29 is 27.1 Å². The van der Waals surface area contributed by atoms with E-state index in [0.717, 1.165) is 0 Å². The largest absolute Gasteiger partial charge is 0.396 e. The molecule has 7 nitrogen and oxygen atoms in total. The molecular weight excluding hydrogens is 511 g/mol. The summed E-state index contributed by atoms with van der Waals surface area (Å²) in [5, 5.41) is 12.6. The SMILES string of the molecule is CCS(=O)(=O)c1ccc(C(CO)C(=O)Nc2cc(Cl)c(N3CCC(F)(F)CC3)c(Cl)c2N)cc1. The third-order valence-corrected chi connectivity index (χ3v) is 8.24. The molecule has 3 rings (SSSR count). The number of nitrogens with two attached hydrogens (primary N) is 1. The van der Waals surface area contributed by atoms with Gasteiger partial charge in [0.05, 0.1) is 50.3 Å². The van der Waals surface area contributed by atoms with E-state index in [1.807, 2.05) is 0 Å². The van der Waals surface area contributed by atoms with Gasteiger partial charge >= 0.3 is 0 Å². The van der Waals surface area contributed by atoms with E-state index in [2.05, 4.69) is 5.32 Å². The van der Waals surface area contributed by atoms with Crippen molar-refractivity contribution in [2.24, 2.45) is 0 Å². The van der Waals surface area contributed by atoms with Crippen LogP contribution in [0, 0.1) is 0 Å². The number of carbonyl (C=O) groups is 1. The first kappa shape index (κ1) is 26.5. The van der Waals surface area contributed by atoms with Gasteiger partial charge < -0.3 is 21.1 Å². The standard InChI is InChI=1S/C22H25Cl2F2N3O4S/c1-2-34(32,33)14-5-3-13(4-6-14)15(12-30)21(31)28-17-11-16(23)20(18(24)19(17)27)29-9-7-22(25,26)8-10-29/h3-6,11,15,30H,2,7-10,12,27H2,1H3,(H,28,31). The second-order valence-corrected chi connectivity index (χ2v) is 11.1. The fraction of sp³-hybridized carbons (Fsp3) is 0.409. The zero-order valence-corrected chi connectivity index (χ0v) is 20.7. The number of anilines is 3. The molecule has 0 spiro atoms. The molecule has 0 aliphatic carbocycles. The lowest BCUT2D eigenvalue weighted by atomic mass is 9.99. The fourth-order valence-electron chi connectivity index (χ4n) is 3.71. The molecule has 1 saturated heterocycles. The molecule has 0 radical (unpaired) electrons. The van der Waals surface area contributed by atoms with Gasteiger partial charge in [-0.25, -0.2) is 17.2 Å². The molecule has 0 bridgehead atoms. The molecule has 2 aromatic rings. The molecule has 1 heterocycles. The van der Waals surface area contributed by atoms with Gasteiger partial charge in [-0.1, -0.05) is 42.3 Å². The number of aliphatic hydroxyl groups is 1. The van der Waals surface area contributed by atoms with Crippen LogP contribution in [-0.2, 0) is 14.6 Å². The van der Waals surface area contributed by atoms with Gasteiger partial charge in [0.25, 0.3) is 5.92 Å². The van der Waals surface area contributed by atoms with Gasteiger partial charge in [-0.05, 0) is 23.8 Å². The third kappa shape index (κ3) is 5.56. The molecule has 186 valence electrons. The molecule has 1 fully saturated rings. The van der Waals surface area contributed by atoms with Crippen LogP contribution in [0.4, 0.5) is 25.8 Å². The quantitative estimate of drug-likeness (QED) is 0.455. The number of sulfone groups is 1. The first-order valence-corrected chi connectivity index (χ1v) is 13.0. The van der Waals surface area contributed by atoms with Gasteiger partial charge in [-0.15, -0.1) is 0 Å². The number of alkyl halides is 2. The zero-order chi connectivity index (χ0) is 25.3. The van der Waals surface area contributed by atoms with Crippen LogP contribution in [0.1, 0.15) is 31.2 Å². The maximum atomic E-state index is 13.5. The van der Waals surface area contributed by atoms with Crippen LogP contribution in [0.2, 0.25) is 10.0 Å². The Morgan fingerprint density at radius 1 is 1.24 bits per heavy atom. The minimum absolute atomic E-state index is 0.00725. The Balaban J connectivity index is 1.82. The Morgan fingerprint density at radius 3 is 2.35 bits per heavy atom. The molecule has 4 N–H and O–H groups in total. The summed E-state index contributed by atoms with van der Waals surface area (Å²) in [5.74, 6) is -4.43. The number of benzene rings is 2. The van der Waals surface area contributed by atoms with E-state index in [1.165, 1.54) is 37.3 Å². The van der Waals surface area contributed by atoms with E-state index >= 15 is 0 Å². The smallest absolute Gasteiger partial charge is 0.251 e. The van der Waals surface area contributed by atoms with E-state index in [4.69, 9.17) is 28.9 Å². The third-order valence-electron chi connectivity index (χ3n) is 5.82. The van der Waals surface area contributed by atoms with Crippen LogP contribution in [-0.4, -0.2) is 50.8 Å². The van der Waals surface area contributed by atoms with Crippen molar-refractivity contribution in [1.82, 2.24) is 0 Å². The van der Waals surface area contributed by atoms with Gasteiger partial charge in [0.2, 0.25) is 5.91 Å². The molecule has 1 atom stereocenters. The Labute approximate surface area is 206 Å². The molecule has 0 aromatic heterocycles. The van der Waals surface area contributed by atoms with E-state index in [0.29, 0.717) is 11.3 Å². The summed E-state index contributed by atoms with van der Waals surface area (Å²) in [5.41, 5.74) is 6.95. The second-order valence-electron chi connectivity index (χ2n) is 8.02. The van der Waals surface area contributed by atoms with Crippen molar-refractivity contribution in [3.8, 4) is 0 Å². The number of aliphatic hydroxyl groups excluding tert-OH is 1. The number of carbonyl (C=O) groups excluding carboxylic acids is 1. The van der Waals surface area contributed by atoms with Crippen molar-refractivity contribution in [2.45, 2.75) is 36.5 Å². The normalized spacial score (nSPS) is 16.8. The number of hydrogen-bond donors (Lipinski definition) is 3. The Bertz CT molecular complexity index is 1170. The van der Waals surface area contributed by atoms with Crippen molar-refractivity contribution in [1.29, 1.82) is 0 Å². The first-order chi connectivity index (χ1) is 15.9. The summed E-state index contributed by atoms with van der Waals surface area (Å²) in [6.07, 6.45) is -0.677. The van der Waals surface area contributed by atoms with Gasteiger partial charge in [-0.2, -0.15) is 0 Å². The second kappa shape index (κ2) is 10.2. The van der Waals surface area contributed by atoms with Gasteiger partial charge in [0.1, 0.15) is 0 Å². The molecule has 1 aliphatic rings. The molecule has 1 unspecified atom stereocenters. The summed E-state index contributed by atoms with van der Waals surface area (Å²) in [7, 11) is -3.41. The Morgan fingerprint density at radius 2 is 1.82 bits per heavy atom. The van der Waals surface area contributed by atoms with E-state index in [1.54, 1.807) is 4.90 Å². The highest BCUT2D eigenvalue weighted by Gasteiger charge is 2.35. The number of halogens is 4. The monoisotopic (exact) mass is 535 g/mol. The van der Waals surface area contributed by atoms with Crippen molar-refractivity contribution >= 4 is 56.0 Å². The van der Waals surface area contributed by atoms with Crippen LogP contribution >= 0.6 is 23.2 Å². The van der Waals surface area contributed by atoms with Gasteiger partial charge in [-0.3, -0.25) is 4.79 Å². The molecule has 1 amide bonds. The first-order valence-electron chi connectivity index (χ1n) is 10.5. The predicted molar refractivity (Wildman–Crippen MR) is 130 cm³/mol. The molecule has 12 heteroatoms. The molecule has 0 saturated carbocycles. The number of hydrogen-bond acceptors (Lipinski definition) is 6. The van der Waals surface area contributed by atoms with Crippen LogP contribution in [0.5, 0.6) is 0 Å². The van der Waals surface area contributed by atoms with E-state index in [-0.39, 0.29) is 58.0 Å². The predicted octanol–water partition coefficient (Wildman–Crippen LogP) is 4.32. The lowest BCUT2D eigenvalue weighted by Crippen LogP contribution is -2.39. The highest BCUT2D eigenvalue weighted by Crippen LogP contribution is 2.44. The summed E-state index contributed by atoms with van der Waals surface area (Å²) >= 11 is 12.8. The van der Waals surface area contributed by atoms with Gasteiger partial charge in [0.15, 0.2) is 9.84 Å². The minimum atomic E-state index is -3.41. The molecule has 1 aliphatic heterocycles. The number of rotatable bonds is 7. The van der Waals surface area contributed by atoms with E-state index in [9.17, 15) is 27.1 Å². The van der Waals surface area contributed by atoms with Crippen LogP contribution in [0.25, 0.3) is 0 Å². The summed E-state index contributed by atoms with van der Waals surface area (Å²) in [4.78, 5) is 14.6. The van der Waals surface area contributed by atoms with Gasteiger partial charge in [0, 0.05) is 25.9 Å². The highest BCUT2D eigenvalue weighted by molar-refractivity contribution is 7.91. The Hall–Kier alpha value is -2.14. The van der Waals surface area contributed by atoms with Crippen LogP contribution < -0.4 is 16.0 Å². The number of nitrogens with one attached hydrogen (secondary N) is 1. The maximum absolute atomic E-state index is 13.5. The number of amides is 1. The fourth-order valence-corrected chi connectivity index (χ4v) is 5.29. The van der Waals surface area contributed by atoms with E-state index < -0.39 is 34.2 Å².